The minimum absolute atomic E-state index is 0.0221. The standard InChI is InChI=1S/C19H20N2O4/c1-25-15-7-5-13(6-8-15)18-16(19(23)24)12-17(22)21(18)11-9-14-4-2-3-10-20-14/h2-8,10,16,18H,9,11-12H2,1H3,(H,23,24)/t16-,18-/m0/s1. The number of hydrogen-bond donors (Lipinski definition) is 1. The minimum Gasteiger partial charge on any atom is -0.497 e. The van der Waals surface area contributed by atoms with Gasteiger partial charge in [-0.05, 0) is 29.8 Å². The highest BCUT2D eigenvalue weighted by molar-refractivity contribution is 5.87. The summed E-state index contributed by atoms with van der Waals surface area (Å²) in [5, 5.41) is 9.55. The number of carbonyl (C=O) groups is 2. The van der Waals surface area contributed by atoms with E-state index in [2.05, 4.69) is 4.98 Å². The number of carboxylic acids is 1. The van der Waals surface area contributed by atoms with Gasteiger partial charge in [-0.15, -0.1) is 0 Å². The average molecular weight is 340 g/mol. The molecule has 1 aromatic heterocycles. The van der Waals surface area contributed by atoms with Crippen molar-refractivity contribution in [2.24, 2.45) is 5.92 Å². The quantitative estimate of drug-likeness (QED) is 0.873. The molecule has 1 aromatic carbocycles. The van der Waals surface area contributed by atoms with Gasteiger partial charge in [0.05, 0.1) is 19.1 Å². The van der Waals surface area contributed by atoms with Crippen molar-refractivity contribution in [2.75, 3.05) is 13.7 Å². The Kier molecular flexibility index (Phi) is 4.97. The lowest BCUT2D eigenvalue weighted by atomic mass is 9.93. The zero-order valence-electron chi connectivity index (χ0n) is 14.0. The number of hydrogen-bond acceptors (Lipinski definition) is 4. The normalized spacial score (nSPS) is 19.9. The molecule has 1 amide bonds. The van der Waals surface area contributed by atoms with E-state index in [1.54, 1.807) is 30.3 Å². The van der Waals surface area contributed by atoms with Crippen LogP contribution in [-0.4, -0.2) is 40.5 Å². The maximum absolute atomic E-state index is 12.4. The molecule has 6 nitrogen and oxygen atoms in total. The second-order valence-electron chi connectivity index (χ2n) is 6.03. The van der Waals surface area contributed by atoms with Gasteiger partial charge in [0.25, 0.3) is 0 Å². The number of carboxylic acid groups (broad SMARTS) is 1. The smallest absolute Gasteiger partial charge is 0.309 e. The lowest BCUT2D eigenvalue weighted by Gasteiger charge is -2.27. The number of likely N-dealkylation sites (tertiary alicyclic amines) is 1. The number of aromatic nitrogens is 1. The number of pyridine rings is 1. The van der Waals surface area contributed by atoms with E-state index in [0.29, 0.717) is 18.7 Å². The van der Waals surface area contributed by atoms with Crippen molar-refractivity contribution in [3.8, 4) is 5.75 Å². The third kappa shape index (κ3) is 3.63. The Hall–Kier alpha value is -2.89. The number of aliphatic carboxylic acids is 1. The van der Waals surface area contributed by atoms with Crippen molar-refractivity contribution in [3.63, 3.8) is 0 Å². The first-order valence-corrected chi connectivity index (χ1v) is 8.16. The number of nitrogens with zero attached hydrogens (tertiary/aromatic N) is 2. The predicted octanol–water partition coefficient (Wildman–Crippen LogP) is 2.31. The molecule has 1 saturated heterocycles. The van der Waals surface area contributed by atoms with Crippen LogP contribution in [0.5, 0.6) is 5.75 Å². The van der Waals surface area contributed by atoms with E-state index in [-0.39, 0.29) is 12.3 Å². The van der Waals surface area contributed by atoms with Gasteiger partial charge in [-0.1, -0.05) is 18.2 Å². The zero-order chi connectivity index (χ0) is 17.8. The second-order valence-corrected chi connectivity index (χ2v) is 6.03. The molecule has 0 unspecified atom stereocenters. The molecule has 3 rings (SSSR count). The molecular formula is C19H20N2O4. The first-order chi connectivity index (χ1) is 12.1. The van der Waals surface area contributed by atoms with E-state index in [1.165, 1.54) is 0 Å². The molecule has 1 aliphatic heterocycles. The van der Waals surface area contributed by atoms with Crippen LogP contribution in [0.4, 0.5) is 0 Å². The van der Waals surface area contributed by atoms with Crippen LogP contribution in [-0.2, 0) is 16.0 Å². The van der Waals surface area contributed by atoms with Crippen LogP contribution in [0.15, 0.2) is 48.7 Å². The number of benzene rings is 1. The number of rotatable bonds is 6. The lowest BCUT2D eigenvalue weighted by molar-refractivity contribution is -0.142. The maximum atomic E-state index is 12.4. The van der Waals surface area contributed by atoms with Crippen LogP contribution >= 0.6 is 0 Å². The van der Waals surface area contributed by atoms with Crippen LogP contribution in [0.25, 0.3) is 0 Å². The molecule has 1 N–H and O–H groups in total. The fourth-order valence-corrected chi connectivity index (χ4v) is 3.27. The SMILES string of the molecule is COc1ccc([C@H]2[C@@H](C(=O)O)CC(=O)N2CCc2ccccn2)cc1. The van der Waals surface area contributed by atoms with E-state index >= 15 is 0 Å². The topological polar surface area (TPSA) is 79.7 Å². The van der Waals surface area contributed by atoms with Gasteiger partial charge >= 0.3 is 5.97 Å². The molecule has 0 spiro atoms. The molecule has 25 heavy (non-hydrogen) atoms. The van der Waals surface area contributed by atoms with E-state index in [1.807, 2.05) is 30.3 Å². The summed E-state index contributed by atoms with van der Waals surface area (Å²) in [4.78, 5) is 30.0. The molecule has 1 fully saturated rings. The van der Waals surface area contributed by atoms with Gasteiger partial charge < -0.3 is 14.7 Å². The van der Waals surface area contributed by atoms with E-state index < -0.39 is 17.9 Å². The molecule has 130 valence electrons. The van der Waals surface area contributed by atoms with Crippen molar-refractivity contribution in [1.29, 1.82) is 0 Å². The van der Waals surface area contributed by atoms with E-state index in [9.17, 15) is 14.7 Å². The summed E-state index contributed by atoms with van der Waals surface area (Å²) in [6, 6.07) is 12.4. The summed E-state index contributed by atoms with van der Waals surface area (Å²) in [7, 11) is 1.58. The van der Waals surface area contributed by atoms with Crippen molar-refractivity contribution < 1.29 is 19.4 Å². The highest BCUT2D eigenvalue weighted by Gasteiger charge is 2.44. The Morgan fingerprint density at radius 3 is 2.64 bits per heavy atom. The summed E-state index contributed by atoms with van der Waals surface area (Å²) in [5.74, 6) is -1.14. The minimum atomic E-state index is -0.950. The Morgan fingerprint density at radius 2 is 2.04 bits per heavy atom. The molecule has 0 bridgehead atoms. The van der Waals surface area contributed by atoms with Gasteiger partial charge in [0.2, 0.25) is 5.91 Å². The van der Waals surface area contributed by atoms with Crippen molar-refractivity contribution in [3.05, 3.63) is 59.9 Å². The fourth-order valence-electron chi connectivity index (χ4n) is 3.27. The van der Waals surface area contributed by atoms with Gasteiger partial charge in [-0.3, -0.25) is 14.6 Å². The highest BCUT2D eigenvalue weighted by atomic mass is 16.5. The fraction of sp³-hybridized carbons (Fsp3) is 0.316. The van der Waals surface area contributed by atoms with Crippen LogP contribution in [0.2, 0.25) is 0 Å². The molecule has 0 radical (unpaired) electrons. The molecule has 2 heterocycles. The van der Waals surface area contributed by atoms with Gasteiger partial charge in [-0.2, -0.15) is 0 Å². The summed E-state index contributed by atoms with van der Waals surface area (Å²) >= 11 is 0. The lowest BCUT2D eigenvalue weighted by Crippen LogP contribution is -2.32. The third-order valence-corrected chi connectivity index (χ3v) is 4.54. The van der Waals surface area contributed by atoms with Crippen LogP contribution in [0.3, 0.4) is 0 Å². The van der Waals surface area contributed by atoms with Gasteiger partial charge in [0, 0.05) is 31.3 Å². The largest absolute Gasteiger partial charge is 0.497 e. The molecule has 0 saturated carbocycles. The van der Waals surface area contributed by atoms with Gasteiger partial charge in [0.1, 0.15) is 5.75 Å². The van der Waals surface area contributed by atoms with Crippen molar-refractivity contribution in [1.82, 2.24) is 9.88 Å². The van der Waals surface area contributed by atoms with Crippen molar-refractivity contribution >= 4 is 11.9 Å². The van der Waals surface area contributed by atoms with Crippen LogP contribution in [0.1, 0.15) is 23.7 Å². The maximum Gasteiger partial charge on any atom is 0.309 e. The summed E-state index contributed by atoms with van der Waals surface area (Å²) in [6.45, 7) is 0.441. The Balaban J connectivity index is 1.84. The van der Waals surface area contributed by atoms with Crippen LogP contribution < -0.4 is 4.74 Å². The summed E-state index contributed by atoms with van der Waals surface area (Å²) in [5.41, 5.74) is 1.68. The average Bonchev–Trinajstić information content (AvgIpc) is 2.97. The van der Waals surface area contributed by atoms with Gasteiger partial charge in [0.15, 0.2) is 0 Å². The Labute approximate surface area is 146 Å². The molecule has 0 aliphatic carbocycles. The Bertz CT molecular complexity index is 746. The number of ether oxygens (including phenoxy) is 1. The monoisotopic (exact) mass is 340 g/mol. The molecule has 2 atom stereocenters. The number of amides is 1. The number of methoxy groups -OCH3 is 1. The predicted molar refractivity (Wildman–Crippen MR) is 91.1 cm³/mol. The van der Waals surface area contributed by atoms with Crippen LogP contribution in [0, 0.1) is 5.92 Å². The molecular weight excluding hydrogens is 320 g/mol. The van der Waals surface area contributed by atoms with E-state index in [0.717, 1.165) is 11.3 Å². The van der Waals surface area contributed by atoms with Crippen molar-refractivity contribution in [2.45, 2.75) is 18.9 Å². The molecule has 2 aromatic rings. The molecule has 1 aliphatic rings. The third-order valence-electron chi connectivity index (χ3n) is 4.54. The second kappa shape index (κ2) is 7.34. The summed E-state index contributed by atoms with van der Waals surface area (Å²) < 4.78 is 5.15. The first-order valence-electron chi connectivity index (χ1n) is 8.16. The Morgan fingerprint density at radius 1 is 1.28 bits per heavy atom. The van der Waals surface area contributed by atoms with Gasteiger partial charge in [-0.25, -0.2) is 0 Å². The highest BCUT2D eigenvalue weighted by Crippen LogP contribution is 2.38. The first kappa shape index (κ1) is 17.0. The van der Waals surface area contributed by atoms with E-state index in [4.69, 9.17) is 4.74 Å². The summed E-state index contributed by atoms with van der Waals surface area (Å²) in [6.07, 6.45) is 2.32. The number of carbonyl (C=O) groups excluding carboxylic acids is 1. The zero-order valence-corrected chi connectivity index (χ0v) is 14.0. The molecule has 6 heteroatoms.